The lowest BCUT2D eigenvalue weighted by molar-refractivity contribution is 0.257. The molecule has 0 aromatic heterocycles. The zero-order valence-corrected chi connectivity index (χ0v) is 11.3. The third kappa shape index (κ3) is 4.89. The maximum Gasteiger partial charge on any atom is 0.0968 e. The van der Waals surface area contributed by atoms with Crippen LogP contribution >= 0.6 is 12.0 Å². The summed E-state index contributed by atoms with van der Waals surface area (Å²) < 4.78 is 5.55. The molecule has 1 fully saturated rings. The first kappa shape index (κ1) is 14.8. The van der Waals surface area contributed by atoms with Crippen molar-refractivity contribution in [2.75, 3.05) is 6.26 Å². The van der Waals surface area contributed by atoms with Crippen molar-refractivity contribution in [3.8, 4) is 0 Å². The van der Waals surface area contributed by atoms with Crippen LogP contribution < -0.4 is 0 Å². The summed E-state index contributed by atoms with van der Waals surface area (Å²) in [6.07, 6.45) is 9.13. The highest BCUT2D eigenvalue weighted by Crippen LogP contribution is 2.31. The molecule has 0 aromatic rings. The molecular weight excluding hydrogens is 204 g/mol. The van der Waals surface area contributed by atoms with Crippen molar-refractivity contribution in [1.29, 1.82) is 0 Å². The van der Waals surface area contributed by atoms with Gasteiger partial charge in [-0.2, -0.15) is 0 Å². The van der Waals surface area contributed by atoms with Gasteiger partial charge in [0.2, 0.25) is 0 Å². The van der Waals surface area contributed by atoms with Gasteiger partial charge in [0.15, 0.2) is 0 Å². The first-order chi connectivity index (χ1) is 7.29. The van der Waals surface area contributed by atoms with Crippen LogP contribution in [-0.2, 0) is 4.18 Å². The molecule has 0 bridgehead atoms. The van der Waals surface area contributed by atoms with Crippen LogP contribution in [0.4, 0.5) is 0 Å². The van der Waals surface area contributed by atoms with E-state index in [-0.39, 0.29) is 6.10 Å². The van der Waals surface area contributed by atoms with Crippen LogP contribution in [0.3, 0.4) is 0 Å². The topological polar surface area (TPSA) is 9.23 Å². The van der Waals surface area contributed by atoms with Gasteiger partial charge in [-0.1, -0.05) is 33.4 Å². The van der Waals surface area contributed by atoms with Crippen LogP contribution in [0.2, 0.25) is 0 Å². The molecule has 0 heterocycles. The molecule has 88 valence electrons. The summed E-state index contributed by atoms with van der Waals surface area (Å²) in [6.45, 7) is 10.3. The summed E-state index contributed by atoms with van der Waals surface area (Å²) in [5.74, 6) is 0. The summed E-state index contributed by atoms with van der Waals surface area (Å²) >= 11 is 1.44. The average Bonchev–Trinajstić information content (AvgIpc) is 2.27. The Kier molecular flexibility index (Phi) is 8.92. The zero-order valence-electron chi connectivity index (χ0n) is 10.5. The molecule has 15 heavy (non-hydrogen) atoms. The van der Waals surface area contributed by atoms with Gasteiger partial charge in [0, 0.05) is 6.26 Å². The van der Waals surface area contributed by atoms with E-state index in [0.717, 1.165) is 12.8 Å². The van der Waals surface area contributed by atoms with Crippen LogP contribution in [0.1, 0.15) is 46.5 Å². The fourth-order valence-electron chi connectivity index (χ4n) is 1.72. The van der Waals surface area contributed by atoms with Crippen LogP contribution in [0.25, 0.3) is 0 Å². The van der Waals surface area contributed by atoms with Crippen molar-refractivity contribution < 1.29 is 4.18 Å². The Balaban J connectivity index is 0.000000921. The lowest BCUT2D eigenvalue weighted by Crippen LogP contribution is -2.18. The van der Waals surface area contributed by atoms with Crippen LogP contribution in [-0.4, -0.2) is 12.4 Å². The second-order valence-electron chi connectivity index (χ2n) is 3.31. The van der Waals surface area contributed by atoms with E-state index in [1.807, 2.05) is 20.1 Å². The second-order valence-corrected chi connectivity index (χ2v) is 3.83. The van der Waals surface area contributed by atoms with Crippen LogP contribution in [0.5, 0.6) is 0 Å². The van der Waals surface area contributed by atoms with Gasteiger partial charge in [-0.15, -0.1) is 0 Å². The van der Waals surface area contributed by atoms with Crippen LogP contribution in [0, 0.1) is 0 Å². The van der Waals surface area contributed by atoms with Crippen molar-refractivity contribution in [2.45, 2.75) is 52.6 Å². The standard InChI is InChI=1S/C11H18OS.C2H6/c1-4-6-10-7-5-8-11(9(10)2)12-13-3;1-2/h6,11H,2,4-5,7-8H2,1,3H3;1-2H3/b10-6+;. The largest absolute Gasteiger partial charge is 0.308 e. The highest BCUT2D eigenvalue weighted by Gasteiger charge is 2.21. The minimum absolute atomic E-state index is 0.251. The summed E-state index contributed by atoms with van der Waals surface area (Å²) in [5.41, 5.74) is 2.61. The lowest BCUT2D eigenvalue weighted by Gasteiger charge is -2.25. The third-order valence-corrected chi connectivity index (χ3v) is 2.80. The summed E-state index contributed by atoms with van der Waals surface area (Å²) in [6, 6.07) is 0. The van der Waals surface area contributed by atoms with E-state index >= 15 is 0 Å². The monoisotopic (exact) mass is 228 g/mol. The van der Waals surface area contributed by atoms with E-state index in [1.54, 1.807) is 0 Å². The van der Waals surface area contributed by atoms with Crippen molar-refractivity contribution in [2.24, 2.45) is 0 Å². The fourth-order valence-corrected chi connectivity index (χ4v) is 2.17. The molecule has 1 atom stereocenters. The first-order valence-electron chi connectivity index (χ1n) is 5.87. The van der Waals surface area contributed by atoms with E-state index < -0.39 is 0 Å². The lowest BCUT2D eigenvalue weighted by atomic mass is 9.88. The minimum Gasteiger partial charge on any atom is -0.308 e. The van der Waals surface area contributed by atoms with Crippen LogP contribution in [0.15, 0.2) is 23.8 Å². The molecule has 1 aliphatic carbocycles. The van der Waals surface area contributed by atoms with Crippen molar-refractivity contribution in [3.05, 3.63) is 23.8 Å². The fraction of sp³-hybridized carbons (Fsp3) is 0.692. The Bertz CT molecular complexity index is 207. The van der Waals surface area contributed by atoms with Gasteiger partial charge in [0.25, 0.3) is 0 Å². The molecule has 1 aliphatic rings. The maximum atomic E-state index is 5.55. The molecule has 0 aliphatic heterocycles. The first-order valence-corrected chi connectivity index (χ1v) is 7.02. The zero-order chi connectivity index (χ0) is 11.7. The van der Waals surface area contributed by atoms with Gasteiger partial charge in [-0.05, 0) is 48.9 Å². The Labute approximate surface area is 99.2 Å². The molecule has 0 saturated heterocycles. The average molecular weight is 228 g/mol. The molecule has 0 spiro atoms. The maximum absolute atomic E-state index is 5.55. The normalized spacial score (nSPS) is 23.6. The molecular formula is C13H24OS. The predicted octanol–water partition coefficient (Wildman–Crippen LogP) is 4.75. The molecule has 0 radical (unpaired) electrons. The van der Waals surface area contributed by atoms with Crippen molar-refractivity contribution in [1.82, 2.24) is 0 Å². The smallest absolute Gasteiger partial charge is 0.0968 e. The minimum atomic E-state index is 0.251. The molecule has 1 unspecified atom stereocenters. The predicted molar refractivity (Wildman–Crippen MR) is 71.1 cm³/mol. The van der Waals surface area contributed by atoms with Gasteiger partial charge in [-0.25, -0.2) is 0 Å². The van der Waals surface area contributed by atoms with Gasteiger partial charge < -0.3 is 4.18 Å². The number of rotatable bonds is 3. The van der Waals surface area contributed by atoms with E-state index in [4.69, 9.17) is 4.18 Å². The van der Waals surface area contributed by atoms with Gasteiger partial charge in [0.05, 0.1) is 6.10 Å². The third-order valence-electron chi connectivity index (χ3n) is 2.38. The molecule has 0 amide bonds. The van der Waals surface area contributed by atoms with E-state index in [1.165, 1.54) is 36.0 Å². The number of hydrogen-bond acceptors (Lipinski definition) is 2. The van der Waals surface area contributed by atoms with Crippen molar-refractivity contribution in [3.63, 3.8) is 0 Å². The van der Waals surface area contributed by atoms with E-state index in [2.05, 4.69) is 19.6 Å². The summed E-state index contributed by atoms with van der Waals surface area (Å²) in [7, 11) is 0. The number of hydrogen-bond donors (Lipinski definition) is 0. The quantitative estimate of drug-likeness (QED) is 0.644. The molecule has 0 aromatic carbocycles. The Hall–Kier alpha value is -0.210. The summed E-state index contributed by atoms with van der Waals surface area (Å²) in [5, 5.41) is 0. The SMILES string of the molecule is C=C1/C(=C/CC)CCCC1OSC.CC. The summed E-state index contributed by atoms with van der Waals surface area (Å²) in [4.78, 5) is 0. The Morgan fingerprint density at radius 3 is 2.73 bits per heavy atom. The van der Waals surface area contributed by atoms with Gasteiger partial charge >= 0.3 is 0 Å². The molecule has 1 rings (SSSR count). The second kappa shape index (κ2) is 9.05. The highest BCUT2D eigenvalue weighted by molar-refractivity contribution is 7.93. The van der Waals surface area contributed by atoms with E-state index in [0.29, 0.717) is 0 Å². The number of allylic oxidation sites excluding steroid dienone is 1. The van der Waals surface area contributed by atoms with E-state index in [9.17, 15) is 0 Å². The van der Waals surface area contributed by atoms with Gasteiger partial charge in [0.1, 0.15) is 0 Å². The Morgan fingerprint density at radius 2 is 2.20 bits per heavy atom. The highest BCUT2D eigenvalue weighted by atomic mass is 32.2. The van der Waals surface area contributed by atoms with Crippen molar-refractivity contribution >= 4 is 12.0 Å². The van der Waals surface area contributed by atoms with Gasteiger partial charge in [-0.3, -0.25) is 0 Å². The molecule has 2 heteroatoms. The molecule has 1 saturated carbocycles. The molecule has 0 N–H and O–H groups in total. The molecule has 1 nitrogen and oxygen atoms in total. The Morgan fingerprint density at radius 1 is 1.53 bits per heavy atom.